The fraction of sp³-hybridized carbons (Fsp3) is 0. The number of halogens is 4. The second kappa shape index (κ2) is 7.85. The molecule has 0 spiro atoms. The quantitative estimate of drug-likeness (QED) is 0.553. The van der Waals surface area contributed by atoms with Gasteiger partial charge in [0, 0.05) is 20.1 Å². The van der Waals surface area contributed by atoms with Crippen molar-refractivity contribution in [2.75, 3.05) is 0 Å². The van der Waals surface area contributed by atoms with Crippen LogP contribution in [0.2, 0.25) is 20.1 Å². The van der Waals surface area contributed by atoms with Crippen LogP contribution in [0.5, 0.6) is 0 Å². The largest absolute Gasteiger partial charge is 0.290 e. The molecule has 0 aliphatic heterocycles. The van der Waals surface area contributed by atoms with Gasteiger partial charge >= 0.3 is 0 Å². The van der Waals surface area contributed by atoms with E-state index < -0.39 is 0 Å². The molecule has 0 heterocycles. The Hall–Kier alpha value is -1.25. The van der Waals surface area contributed by atoms with Crippen molar-refractivity contribution in [1.29, 1.82) is 0 Å². The fourth-order valence-corrected chi connectivity index (χ4v) is 2.84. The van der Waals surface area contributed by atoms with Gasteiger partial charge in [-0.15, -0.1) is 0 Å². The van der Waals surface area contributed by atoms with E-state index in [1.165, 1.54) is 12.2 Å². The minimum Gasteiger partial charge on any atom is -0.290 e. The Bertz CT molecular complexity index is 659. The van der Waals surface area contributed by atoms with Gasteiger partial charge in [0.05, 0.1) is 0 Å². The van der Waals surface area contributed by atoms with Crippen LogP contribution in [0.25, 0.3) is 12.2 Å². The first-order valence-electron chi connectivity index (χ1n) is 6.25. The summed E-state index contributed by atoms with van der Waals surface area (Å²) in [5.41, 5.74) is 1.51. The standard InChI is InChI=1S/C17H10Cl4O/c18-13-5-11(6-14(19)9-13)1-3-17(22)4-2-12-7-15(20)10-16(21)8-12/h1-10H. The molecule has 0 amide bonds. The number of ketones is 1. The lowest BCUT2D eigenvalue weighted by Crippen LogP contribution is -1.85. The van der Waals surface area contributed by atoms with Crippen LogP contribution in [0.3, 0.4) is 0 Å². The molecule has 2 rings (SSSR count). The van der Waals surface area contributed by atoms with E-state index in [4.69, 9.17) is 46.4 Å². The van der Waals surface area contributed by atoms with Crippen LogP contribution in [0, 0.1) is 0 Å². The van der Waals surface area contributed by atoms with E-state index in [0.29, 0.717) is 20.1 Å². The monoisotopic (exact) mass is 370 g/mol. The van der Waals surface area contributed by atoms with Gasteiger partial charge in [0.1, 0.15) is 0 Å². The maximum atomic E-state index is 11.8. The molecule has 112 valence electrons. The molecule has 0 saturated heterocycles. The Kier molecular flexibility index (Phi) is 6.10. The summed E-state index contributed by atoms with van der Waals surface area (Å²) in [6, 6.07) is 10.1. The number of hydrogen-bond donors (Lipinski definition) is 0. The first-order chi connectivity index (χ1) is 10.4. The van der Waals surface area contributed by atoms with Crippen molar-refractivity contribution in [2.24, 2.45) is 0 Å². The topological polar surface area (TPSA) is 17.1 Å². The molecule has 2 aromatic carbocycles. The van der Waals surface area contributed by atoms with Crippen molar-refractivity contribution in [3.63, 3.8) is 0 Å². The molecule has 5 heteroatoms. The predicted molar refractivity (Wildman–Crippen MR) is 96.0 cm³/mol. The molecule has 1 nitrogen and oxygen atoms in total. The molecule has 0 aromatic heterocycles. The summed E-state index contributed by atoms with van der Waals surface area (Å²) in [6.45, 7) is 0. The highest BCUT2D eigenvalue weighted by molar-refractivity contribution is 6.35. The second-order valence-corrected chi connectivity index (χ2v) is 6.22. The van der Waals surface area contributed by atoms with Gasteiger partial charge in [0.2, 0.25) is 0 Å². The Morgan fingerprint density at radius 1 is 0.636 bits per heavy atom. The molecule has 22 heavy (non-hydrogen) atoms. The maximum absolute atomic E-state index is 11.8. The van der Waals surface area contributed by atoms with Gasteiger partial charge in [-0.25, -0.2) is 0 Å². The zero-order valence-electron chi connectivity index (χ0n) is 11.2. The lowest BCUT2D eigenvalue weighted by Gasteiger charge is -1.97. The molecule has 0 atom stereocenters. The highest BCUT2D eigenvalue weighted by Gasteiger charge is 1.98. The molecular weight excluding hydrogens is 362 g/mol. The minimum atomic E-state index is -0.174. The Balaban J connectivity index is 2.08. The molecule has 0 unspecified atom stereocenters. The van der Waals surface area contributed by atoms with Crippen molar-refractivity contribution in [2.45, 2.75) is 0 Å². The van der Waals surface area contributed by atoms with Gasteiger partial charge in [-0.2, -0.15) is 0 Å². The fourth-order valence-electron chi connectivity index (χ4n) is 1.76. The lowest BCUT2D eigenvalue weighted by molar-refractivity contribution is -0.110. The molecule has 0 bridgehead atoms. The van der Waals surface area contributed by atoms with E-state index in [1.54, 1.807) is 48.6 Å². The van der Waals surface area contributed by atoms with Crippen molar-refractivity contribution in [1.82, 2.24) is 0 Å². The van der Waals surface area contributed by atoms with E-state index in [-0.39, 0.29) is 5.78 Å². The van der Waals surface area contributed by atoms with Gasteiger partial charge in [0.15, 0.2) is 5.78 Å². The first kappa shape index (κ1) is 17.1. The Morgan fingerprint density at radius 3 is 1.27 bits per heavy atom. The third-order valence-electron chi connectivity index (χ3n) is 2.65. The molecule has 0 fully saturated rings. The summed E-state index contributed by atoms with van der Waals surface area (Å²) < 4.78 is 0. The van der Waals surface area contributed by atoms with Gasteiger partial charge in [-0.05, 0) is 59.7 Å². The van der Waals surface area contributed by atoms with Crippen molar-refractivity contribution < 1.29 is 4.79 Å². The van der Waals surface area contributed by atoms with Crippen LogP contribution < -0.4 is 0 Å². The van der Waals surface area contributed by atoms with Crippen molar-refractivity contribution in [3.8, 4) is 0 Å². The summed E-state index contributed by atoms with van der Waals surface area (Å²) in [5.74, 6) is -0.174. The summed E-state index contributed by atoms with van der Waals surface area (Å²) >= 11 is 23.6. The zero-order valence-corrected chi connectivity index (χ0v) is 14.2. The molecule has 0 aliphatic carbocycles. The smallest absolute Gasteiger partial charge is 0.178 e. The van der Waals surface area contributed by atoms with Gasteiger partial charge in [-0.1, -0.05) is 58.6 Å². The summed E-state index contributed by atoms with van der Waals surface area (Å²) in [5, 5.41) is 2.07. The van der Waals surface area contributed by atoms with E-state index in [1.807, 2.05) is 0 Å². The maximum Gasteiger partial charge on any atom is 0.178 e. The van der Waals surface area contributed by atoms with E-state index >= 15 is 0 Å². The third-order valence-corrected chi connectivity index (χ3v) is 3.52. The Labute approximate surface area is 148 Å². The number of allylic oxidation sites excluding steroid dienone is 2. The lowest BCUT2D eigenvalue weighted by atomic mass is 10.1. The molecule has 0 radical (unpaired) electrons. The number of hydrogen-bond acceptors (Lipinski definition) is 1. The SMILES string of the molecule is O=C(C=Cc1cc(Cl)cc(Cl)c1)C=Cc1cc(Cl)cc(Cl)c1. The summed E-state index contributed by atoms with van der Waals surface area (Å²) in [4.78, 5) is 11.8. The van der Waals surface area contributed by atoms with E-state index in [2.05, 4.69) is 0 Å². The molecule has 2 aromatic rings. The van der Waals surface area contributed by atoms with Crippen LogP contribution >= 0.6 is 46.4 Å². The molecule has 0 N–H and O–H groups in total. The number of benzene rings is 2. The van der Waals surface area contributed by atoms with Crippen LogP contribution in [0.4, 0.5) is 0 Å². The number of carbonyl (C=O) groups excluding carboxylic acids is 1. The highest BCUT2D eigenvalue weighted by atomic mass is 35.5. The zero-order chi connectivity index (χ0) is 16.1. The Morgan fingerprint density at radius 2 is 0.955 bits per heavy atom. The molecule has 0 saturated carbocycles. The van der Waals surface area contributed by atoms with Crippen molar-refractivity contribution >= 4 is 64.3 Å². The van der Waals surface area contributed by atoms with Crippen LogP contribution in [0.1, 0.15) is 11.1 Å². The van der Waals surface area contributed by atoms with E-state index in [9.17, 15) is 4.79 Å². The van der Waals surface area contributed by atoms with Gasteiger partial charge < -0.3 is 0 Å². The summed E-state index contributed by atoms with van der Waals surface area (Å²) in [6.07, 6.45) is 6.17. The van der Waals surface area contributed by atoms with Crippen LogP contribution in [-0.2, 0) is 4.79 Å². The normalized spacial score (nSPS) is 11.5. The average Bonchev–Trinajstić information content (AvgIpc) is 2.41. The van der Waals surface area contributed by atoms with Crippen LogP contribution in [0.15, 0.2) is 48.6 Å². The average molecular weight is 372 g/mol. The predicted octanol–water partition coefficient (Wildman–Crippen LogP) is 6.60. The van der Waals surface area contributed by atoms with Crippen molar-refractivity contribution in [3.05, 3.63) is 79.8 Å². The first-order valence-corrected chi connectivity index (χ1v) is 7.76. The second-order valence-electron chi connectivity index (χ2n) is 4.47. The third kappa shape index (κ3) is 5.51. The van der Waals surface area contributed by atoms with Gasteiger partial charge in [-0.3, -0.25) is 4.79 Å². The summed E-state index contributed by atoms with van der Waals surface area (Å²) in [7, 11) is 0. The van der Waals surface area contributed by atoms with Crippen LogP contribution in [-0.4, -0.2) is 5.78 Å². The highest BCUT2D eigenvalue weighted by Crippen LogP contribution is 2.21. The molecular formula is C17H10Cl4O. The molecule has 0 aliphatic rings. The van der Waals surface area contributed by atoms with E-state index in [0.717, 1.165) is 11.1 Å². The number of rotatable bonds is 4. The van der Waals surface area contributed by atoms with Gasteiger partial charge in [0.25, 0.3) is 0 Å². The number of carbonyl (C=O) groups is 1. The minimum absolute atomic E-state index is 0.174.